The normalized spacial score (nSPS) is 11.6. The molecule has 0 radical (unpaired) electrons. The number of nitrogens with zero attached hydrogens (tertiary/aromatic N) is 3. The van der Waals surface area contributed by atoms with E-state index in [2.05, 4.69) is 33.5 Å². The first-order valence-corrected chi connectivity index (χ1v) is 31.0. The highest BCUT2D eigenvalue weighted by atomic mass is 32.2. The van der Waals surface area contributed by atoms with Crippen molar-refractivity contribution in [1.82, 2.24) is 15.0 Å². The molecule has 0 aliphatic rings. The number of benzene rings is 6. The number of nitrogens with one attached hydrogen (secondary N) is 2. The van der Waals surface area contributed by atoms with Crippen molar-refractivity contribution in [3.05, 3.63) is 138 Å². The molecule has 81 heavy (non-hydrogen) atoms. The first-order valence-electron chi connectivity index (χ1n) is 28.9. The standard InChI is InChI=1S/C42H64N2O7S2.C14H13N3O.C8H10O2/c1-3-5-7-9-11-13-15-17-19-21-33-48-37-24-28-39(29-25-37)50-52(46)43-36-23-32-42(45)41(35-36)44-53(47)51-40-30-26-38(27-31-40)49-34-22-20-18-16-14-12-10-8-6-4-2;1-9-7-10(2)14(18)13(8-9)17-15-11-5-3-4-6-12(11)16-17;1-5-3-8(10)6(2)4-7(5)9/h23-32,35,43-45H,3-22,33-34H2,1-2H3;3-8,18H,1-2H3;3-4,9-10H,1-2H3. The molecule has 0 aliphatic heterocycles. The van der Waals surface area contributed by atoms with E-state index in [9.17, 15) is 18.6 Å². The number of aromatic hydroxyl groups is 4. The van der Waals surface area contributed by atoms with E-state index < -0.39 is 22.5 Å². The largest absolute Gasteiger partial charge is 0.508 e. The highest BCUT2D eigenvalue weighted by molar-refractivity contribution is 7.82. The van der Waals surface area contributed by atoms with E-state index in [1.165, 1.54) is 132 Å². The molecule has 0 saturated heterocycles. The summed E-state index contributed by atoms with van der Waals surface area (Å²) in [4.78, 5) is 1.49. The Morgan fingerprint density at radius 1 is 0.444 bits per heavy atom. The predicted octanol–water partition coefficient (Wildman–Crippen LogP) is 16.6. The van der Waals surface area contributed by atoms with Crippen molar-refractivity contribution in [3.8, 4) is 51.7 Å². The Kier molecular flexibility index (Phi) is 29.1. The van der Waals surface area contributed by atoms with E-state index in [0.29, 0.717) is 47.2 Å². The van der Waals surface area contributed by atoms with Crippen LogP contribution in [-0.4, -0.2) is 57.1 Å². The van der Waals surface area contributed by atoms with Gasteiger partial charge in [0.1, 0.15) is 62.7 Å². The lowest BCUT2D eigenvalue weighted by atomic mass is 10.1. The van der Waals surface area contributed by atoms with Gasteiger partial charge >= 0.3 is 22.5 Å². The molecule has 440 valence electrons. The number of rotatable bonds is 33. The number of phenols is 4. The van der Waals surface area contributed by atoms with Crippen LogP contribution in [0.3, 0.4) is 0 Å². The second kappa shape index (κ2) is 36.4. The van der Waals surface area contributed by atoms with Gasteiger partial charge in [-0.15, -0.1) is 15.0 Å². The number of phenolic OH excluding ortho intramolecular Hbond substituents is 4. The number of fused-ring (bicyclic) bond motifs is 1. The molecular formula is C64H87N5O10S2. The Morgan fingerprint density at radius 3 is 1.30 bits per heavy atom. The SMILES string of the molecule is CCCCCCCCCCCCOc1ccc(OS(=O)Nc2ccc(O)c(NS(=O)Oc3ccc(OCCCCCCCCCCCC)cc3)c2)cc1.Cc1cc(C)c(O)c(-n2nc3ccccc3n2)c1.Cc1cc(O)c(C)cc1O. The molecule has 1 aromatic heterocycles. The first-order chi connectivity index (χ1) is 39.2. The molecule has 17 heteroatoms. The molecule has 0 aliphatic carbocycles. The molecule has 6 N–H and O–H groups in total. The Bertz CT molecular complexity index is 2890. The summed E-state index contributed by atoms with van der Waals surface area (Å²) in [5, 5.41) is 47.4. The monoisotopic (exact) mass is 1150 g/mol. The van der Waals surface area contributed by atoms with E-state index in [0.717, 1.165) is 52.9 Å². The van der Waals surface area contributed by atoms with Gasteiger partial charge in [0.2, 0.25) is 0 Å². The summed E-state index contributed by atoms with van der Waals surface area (Å²) in [6.07, 6.45) is 25.5. The summed E-state index contributed by atoms with van der Waals surface area (Å²) in [5.41, 5.74) is 6.04. The number of aromatic nitrogens is 3. The van der Waals surface area contributed by atoms with Crippen LogP contribution in [0.4, 0.5) is 11.4 Å². The van der Waals surface area contributed by atoms with Crippen LogP contribution >= 0.6 is 0 Å². The Morgan fingerprint density at radius 2 is 0.852 bits per heavy atom. The molecule has 0 fully saturated rings. The van der Waals surface area contributed by atoms with Gasteiger partial charge in [-0.05, 0) is 160 Å². The number of hydrogen-bond acceptors (Lipinski definition) is 12. The van der Waals surface area contributed by atoms with Crippen LogP contribution in [-0.2, 0) is 22.5 Å². The van der Waals surface area contributed by atoms with Crippen molar-refractivity contribution < 1.29 is 46.7 Å². The van der Waals surface area contributed by atoms with E-state index in [1.54, 1.807) is 74.5 Å². The molecule has 7 aromatic rings. The van der Waals surface area contributed by atoms with Crippen molar-refractivity contribution >= 4 is 44.9 Å². The van der Waals surface area contributed by atoms with Crippen molar-refractivity contribution in [1.29, 1.82) is 0 Å². The zero-order valence-electron chi connectivity index (χ0n) is 48.4. The van der Waals surface area contributed by atoms with Crippen LogP contribution in [0.2, 0.25) is 0 Å². The Labute approximate surface area is 486 Å². The fourth-order valence-corrected chi connectivity index (χ4v) is 9.99. The van der Waals surface area contributed by atoms with Gasteiger partial charge in [0, 0.05) is 0 Å². The summed E-state index contributed by atoms with van der Waals surface area (Å²) in [7, 11) is 0. The third-order valence-corrected chi connectivity index (χ3v) is 14.8. The summed E-state index contributed by atoms with van der Waals surface area (Å²) in [6, 6.07) is 32.8. The van der Waals surface area contributed by atoms with Crippen LogP contribution in [0, 0.1) is 27.7 Å². The highest BCUT2D eigenvalue weighted by Crippen LogP contribution is 2.30. The topological polar surface area (TPSA) is 207 Å². The van der Waals surface area contributed by atoms with Crippen LogP contribution in [0.5, 0.6) is 46.0 Å². The Balaban J connectivity index is 0.000000343. The molecular weight excluding hydrogens is 1060 g/mol. The third-order valence-electron chi connectivity index (χ3n) is 13.4. The third kappa shape index (κ3) is 24.3. The minimum atomic E-state index is -2.01. The van der Waals surface area contributed by atoms with Gasteiger partial charge in [-0.3, -0.25) is 9.44 Å². The van der Waals surface area contributed by atoms with E-state index in [1.807, 2.05) is 50.2 Å². The number of unbranched alkanes of at least 4 members (excludes halogenated alkanes) is 18. The average Bonchev–Trinajstić information content (AvgIpc) is 3.90. The van der Waals surface area contributed by atoms with Gasteiger partial charge in [0.25, 0.3) is 0 Å². The predicted molar refractivity (Wildman–Crippen MR) is 330 cm³/mol. The van der Waals surface area contributed by atoms with Gasteiger partial charge in [-0.1, -0.05) is 148 Å². The summed E-state index contributed by atoms with van der Waals surface area (Å²) in [5.74, 6) is 2.78. The number of aryl methyl sites for hydroxylation is 4. The molecule has 0 spiro atoms. The molecule has 2 atom stereocenters. The first kappa shape index (κ1) is 64.8. The Hall–Kier alpha value is -6.98. The number of hydrogen-bond donors (Lipinski definition) is 6. The molecule has 0 saturated carbocycles. The highest BCUT2D eigenvalue weighted by Gasteiger charge is 2.13. The van der Waals surface area contributed by atoms with Gasteiger partial charge in [-0.25, -0.2) is 0 Å². The summed E-state index contributed by atoms with van der Waals surface area (Å²) >= 11 is -3.94. The van der Waals surface area contributed by atoms with Gasteiger partial charge in [-0.2, -0.15) is 8.42 Å². The maximum absolute atomic E-state index is 12.7. The molecule has 0 bridgehead atoms. The maximum atomic E-state index is 12.7. The lowest BCUT2D eigenvalue weighted by Crippen LogP contribution is -2.13. The van der Waals surface area contributed by atoms with Crippen molar-refractivity contribution in [2.75, 3.05) is 22.7 Å². The van der Waals surface area contributed by atoms with Crippen molar-refractivity contribution in [3.63, 3.8) is 0 Å². The van der Waals surface area contributed by atoms with E-state index >= 15 is 0 Å². The minimum absolute atomic E-state index is 0.130. The zero-order valence-corrected chi connectivity index (χ0v) is 50.1. The number of ether oxygens (including phenoxy) is 2. The molecule has 1 heterocycles. The molecule has 0 amide bonds. The van der Waals surface area contributed by atoms with Crippen molar-refractivity contribution in [2.45, 2.75) is 170 Å². The van der Waals surface area contributed by atoms with Crippen LogP contribution in [0.25, 0.3) is 16.7 Å². The van der Waals surface area contributed by atoms with Gasteiger partial charge in [0.15, 0.2) is 0 Å². The minimum Gasteiger partial charge on any atom is -0.508 e. The van der Waals surface area contributed by atoms with Crippen LogP contribution in [0.15, 0.2) is 115 Å². The quantitative estimate of drug-likeness (QED) is 0.0129. The fraction of sp³-hybridized carbons (Fsp3) is 0.438. The fourth-order valence-electron chi connectivity index (χ4n) is 8.67. The lowest BCUT2D eigenvalue weighted by molar-refractivity contribution is 0.304. The summed E-state index contributed by atoms with van der Waals surface area (Å²) < 4.78 is 53.5. The smallest absolute Gasteiger partial charge is 0.316 e. The zero-order chi connectivity index (χ0) is 58.2. The van der Waals surface area contributed by atoms with E-state index in [-0.39, 0.29) is 28.7 Å². The maximum Gasteiger partial charge on any atom is 0.316 e. The van der Waals surface area contributed by atoms with E-state index in [4.69, 9.17) is 28.1 Å². The average molecular weight is 1150 g/mol. The summed E-state index contributed by atoms with van der Waals surface area (Å²) in [6.45, 7) is 13.2. The number of anilines is 2. The van der Waals surface area contributed by atoms with Crippen LogP contribution in [0.1, 0.15) is 165 Å². The van der Waals surface area contributed by atoms with Gasteiger partial charge < -0.3 is 38.3 Å². The second-order valence-corrected chi connectivity index (χ2v) is 22.1. The lowest BCUT2D eigenvalue weighted by Gasteiger charge is -2.12. The van der Waals surface area contributed by atoms with Gasteiger partial charge in [0.05, 0.1) is 24.6 Å². The second-order valence-electron chi connectivity index (χ2n) is 20.4. The molecule has 7 rings (SSSR count). The van der Waals surface area contributed by atoms with Crippen molar-refractivity contribution in [2.24, 2.45) is 0 Å². The molecule has 15 nitrogen and oxygen atoms in total. The molecule has 2 unspecified atom stereocenters. The molecule has 6 aromatic carbocycles. The van der Waals surface area contributed by atoms with Crippen LogP contribution < -0.4 is 27.3 Å².